The van der Waals surface area contributed by atoms with Crippen LogP contribution in [0.15, 0.2) is 65.3 Å². The zero-order chi connectivity index (χ0) is 25.5. The van der Waals surface area contributed by atoms with Gasteiger partial charge in [0.1, 0.15) is 11.8 Å². The van der Waals surface area contributed by atoms with Crippen LogP contribution in [0.1, 0.15) is 54.8 Å². The van der Waals surface area contributed by atoms with Crippen molar-refractivity contribution in [3.8, 4) is 17.2 Å². The molecule has 2 amide bonds. The van der Waals surface area contributed by atoms with Crippen LogP contribution in [0.5, 0.6) is 17.2 Å². The average molecular weight is 493 g/mol. The summed E-state index contributed by atoms with van der Waals surface area (Å²) in [6.45, 7) is 2.44. The Morgan fingerprint density at radius 1 is 1.03 bits per heavy atom. The molecule has 0 unspecified atom stereocenters. The van der Waals surface area contributed by atoms with Gasteiger partial charge in [0.05, 0.1) is 27.1 Å². The van der Waals surface area contributed by atoms with Gasteiger partial charge in [-0.3, -0.25) is 14.5 Å². The van der Waals surface area contributed by atoms with Gasteiger partial charge in [-0.15, -0.1) is 0 Å². The number of anilines is 1. The molecule has 4 rings (SSSR count). The zero-order valence-corrected chi connectivity index (χ0v) is 20.9. The predicted molar refractivity (Wildman–Crippen MR) is 136 cm³/mol. The second kappa shape index (κ2) is 11.7. The van der Waals surface area contributed by atoms with Crippen molar-refractivity contribution in [1.29, 1.82) is 0 Å². The van der Waals surface area contributed by atoms with Crippen LogP contribution >= 0.6 is 0 Å². The maximum absolute atomic E-state index is 13.9. The number of ether oxygens (including phenoxy) is 3. The number of amides is 2. The molecular formula is C28H32N2O6. The Bertz CT molecular complexity index is 1150. The van der Waals surface area contributed by atoms with Gasteiger partial charge >= 0.3 is 0 Å². The van der Waals surface area contributed by atoms with Crippen molar-refractivity contribution in [3.05, 3.63) is 72.2 Å². The third kappa shape index (κ3) is 5.48. The Kier molecular flexibility index (Phi) is 8.15. The minimum Gasteiger partial charge on any atom is -0.494 e. The van der Waals surface area contributed by atoms with Crippen LogP contribution in [0, 0.1) is 0 Å². The molecular weight excluding hydrogens is 460 g/mol. The summed E-state index contributed by atoms with van der Waals surface area (Å²) in [6.07, 6.45) is 5.42. The Labute approximate surface area is 211 Å². The SMILES string of the molecule is CCOc1ccc([C@H](C(=O)NC2CCCC2)N(C(=O)c2ccco2)c2ccc(OC)c(OC)c2)cc1. The van der Waals surface area contributed by atoms with E-state index in [2.05, 4.69) is 5.32 Å². The molecule has 3 aromatic rings. The number of furan rings is 1. The Morgan fingerprint density at radius 3 is 2.36 bits per heavy atom. The molecule has 0 aliphatic heterocycles. The Hall–Kier alpha value is -3.94. The molecule has 36 heavy (non-hydrogen) atoms. The number of nitrogens with zero attached hydrogens (tertiary/aromatic N) is 1. The molecule has 1 aromatic heterocycles. The molecule has 0 saturated heterocycles. The van der Waals surface area contributed by atoms with Gasteiger partial charge in [-0.05, 0) is 61.7 Å². The predicted octanol–water partition coefficient (Wildman–Crippen LogP) is 5.14. The number of rotatable bonds is 10. The number of benzene rings is 2. The highest BCUT2D eigenvalue weighted by molar-refractivity contribution is 6.08. The number of hydrogen-bond donors (Lipinski definition) is 1. The molecule has 0 bridgehead atoms. The van der Waals surface area contributed by atoms with Crippen molar-refractivity contribution < 1.29 is 28.2 Å². The van der Waals surface area contributed by atoms with E-state index in [1.807, 2.05) is 19.1 Å². The summed E-state index contributed by atoms with van der Waals surface area (Å²) in [7, 11) is 3.07. The molecule has 0 spiro atoms. The first-order chi connectivity index (χ1) is 17.5. The van der Waals surface area contributed by atoms with Crippen LogP contribution in [-0.2, 0) is 4.79 Å². The molecule has 1 N–H and O–H groups in total. The first-order valence-corrected chi connectivity index (χ1v) is 12.2. The molecule has 0 radical (unpaired) electrons. The van der Waals surface area contributed by atoms with Crippen LogP contribution < -0.4 is 24.4 Å². The van der Waals surface area contributed by atoms with Crippen molar-refractivity contribution in [2.45, 2.75) is 44.7 Å². The highest BCUT2D eigenvalue weighted by Crippen LogP contribution is 2.37. The van der Waals surface area contributed by atoms with Gasteiger partial charge < -0.3 is 23.9 Å². The zero-order valence-electron chi connectivity index (χ0n) is 20.9. The lowest BCUT2D eigenvalue weighted by Crippen LogP contribution is -2.46. The summed E-state index contributed by atoms with van der Waals surface area (Å²) in [5.41, 5.74) is 1.11. The molecule has 1 heterocycles. The van der Waals surface area contributed by atoms with Crippen LogP contribution in [0.25, 0.3) is 0 Å². The summed E-state index contributed by atoms with van der Waals surface area (Å²) < 4.78 is 21.9. The van der Waals surface area contributed by atoms with E-state index >= 15 is 0 Å². The fraction of sp³-hybridized carbons (Fsp3) is 0.357. The van der Waals surface area contributed by atoms with E-state index in [9.17, 15) is 9.59 Å². The molecule has 1 fully saturated rings. The molecule has 2 aromatic carbocycles. The van der Waals surface area contributed by atoms with E-state index < -0.39 is 11.9 Å². The Morgan fingerprint density at radius 2 is 1.75 bits per heavy atom. The average Bonchev–Trinajstić information content (AvgIpc) is 3.62. The maximum Gasteiger partial charge on any atom is 0.294 e. The van der Waals surface area contributed by atoms with E-state index in [-0.39, 0.29) is 17.7 Å². The van der Waals surface area contributed by atoms with Gasteiger partial charge in [0.15, 0.2) is 17.3 Å². The second-order valence-corrected chi connectivity index (χ2v) is 8.59. The van der Waals surface area contributed by atoms with Crippen LogP contribution in [0.4, 0.5) is 5.69 Å². The van der Waals surface area contributed by atoms with Crippen molar-refractivity contribution in [1.82, 2.24) is 5.32 Å². The highest BCUT2D eigenvalue weighted by atomic mass is 16.5. The number of carbonyl (C=O) groups excluding carboxylic acids is 2. The number of hydrogen-bond acceptors (Lipinski definition) is 6. The maximum atomic E-state index is 13.9. The second-order valence-electron chi connectivity index (χ2n) is 8.59. The molecule has 1 aliphatic carbocycles. The molecule has 190 valence electrons. The van der Waals surface area contributed by atoms with Gasteiger partial charge in [0.2, 0.25) is 5.91 Å². The fourth-order valence-electron chi connectivity index (χ4n) is 4.56. The quantitative estimate of drug-likeness (QED) is 0.421. The van der Waals surface area contributed by atoms with E-state index in [0.717, 1.165) is 25.7 Å². The summed E-state index contributed by atoms with van der Waals surface area (Å²) in [6, 6.07) is 14.7. The van der Waals surface area contributed by atoms with Crippen molar-refractivity contribution in [2.24, 2.45) is 0 Å². The van der Waals surface area contributed by atoms with Crippen LogP contribution in [0.2, 0.25) is 0 Å². The Balaban J connectivity index is 1.82. The highest BCUT2D eigenvalue weighted by Gasteiger charge is 2.36. The van der Waals surface area contributed by atoms with Gasteiger partial charge in [-0.2, -0.15) is 0 Å². The van der Waals surface area contributed by atoms with Gasteiger partial charge in [-0.25, -0.2) is 0 Å². The van der Waals surface area contributed by atoms with Gasteiger partial charge in [0, 0.05) is 17.8 Å². The number of nitrogens with one attached hydrogen (secondary N) is 1. The van der Waals surface area contributed by atoms with Crippen molar-refractivity contribution in [3.63, 3.8) is 0 Å². The first-order valence-electron chi connectivity index (χ1n) is 12.2. The normalized spacial score (nSPS) is 14.2. The van der Waals surface area contributed by atoms with Gasteiger partial charge in [0.25, 0.3) is 5.91 Å². The third-order valence-electron chi connectivity index (χ3n) is 6.31. The van der Waals surface area contributed by atoms with Crippen molar-refractivity contribution in [2.75, 3.05) is 25.7 Å². The van der Waals surface area contributed by atoms with E-state index in [0.29, 0.717) is 35.1 Å². The van der Waals surface area contributed by atoms with Crippen LogP contribution in [-0.4, -0.2) is 38.7 Å². The topological polar surface area (TPSA) is 90.2 Å². The minimum atomic E-state index is -0.961. The van der Waals surface area contributed by atoms with E-state index in [4.69, 9.17) is 18.6 Å². The summed E-state index contributed by atoms with van der Waals surface area (Å²) in [4.78, 5) is 29.1. The minimum absolute atomic E-state index is 0.0775. The lowest BCUT2D eigenvalue weighted by molar-refractivity contribution is -0.123. The van der Waals surface area contributed by atoms with Gasteiger partial charge in [-0.1, -0.05) is 25.0 Å². The summed E-state index contributed by atoms with van der Waals surface area (Å²) in [5, 5.41) is 3.17. The first kappa shape index (κ1) is 25.2. The number of carbonyl (C=O) groups is 2. The molecule has 1 atom stereocenters. The van der Waals surface area contributed by atoms with E-state index in [1.54, 1.807) is 49.6 Å². The standard InChI is InChI=1S/C28H32N2O6/c1-4-35-22-14-11-19(12-15-22)26(27(31)29-20-8-5-6-9-20)30(28(32)24-10-7-17-36-24)21-13-16-23(33-2)25(18-21)34-3/h7,10-18,20,26H,4-6,8-9H2,1-3H3,(H,29,31)/t26-/m1/s1. The lowest BCUT2D eigenvalue weighted by atomic mass is 10.0. The largest absolute Gasteiger partial charge is 0.494 e. The molecule has 8 heteroatoms. The summed E-state index contributed by atoms with van der Waals surface area (Å²) >= 11 is 0. The molecule has 1 saturated carbocycles. The van der Waals surface area contributed by atoms with Crippen LogP contribution in [0.3, 0.4) is 0 Å². The lowest BCUT2D eigenvalue weighted by Gasteiger charge is -2.32. The fourth-order valence-corrected chi connectivity index (χ4v) is 4.56. The third-order valence-corrected chi connectivity index (χ3v) is 6.31. The van der Waals surface area contributed by atoms with E-state index in [1.165, 1.54) is 18.3 Å². The molecule has 1 aliphatic rings. The monoisotopic (exact) mass is 492 g/mol. The van der Waals surface area contributed by atoms with Crippen molar-refractivity contribution >= 4 is 17.5 Å². The number of methoxy groups -OCH3 is 2. The molecule has 8 nitrogen and oxygen atoms in total. The smallest absolute Gasteiger partial charge is 0.294 e. The summed E-state index contributed by atoms with van der Waals surface area (Å²) in [5.74, 6) is 1.04.